The lowest BCUT2D eigenvalue weighted by Gasteiger charge is -2.13. The van der Waals surface area contributed by atoms with Crippen LogP contribution in [0.15, 0.2) is 24.3 Å². The van der Waals surface area contributed by atoms with E-state index < -0.39 is 23.9 Å². The molecule has 16 heavy (non-hydrogen) atoms. The van der Waals surface area contributed by atoms with Crippen molar-refractivity contribution in [2.75, 3.05) is 0 Å². The summed E-state index contributed by atoms with van der Waals surface area (Å²) in [6.45, 7) is 1.38. The van der Waals surface area contributed by atoms with Crippen LogP contribution in [0.3, 0.4) is 0 Å². The normalized spacial score (nSPS) is 11.6. The SMILES string of the molecule is C[C@H](Oc1ccccc1F)C(=O)NC(N)=O. The standard InChI is InChI=1S/C10H11FN2O3/c1-6(9(14)13-10(12)15)16-8-5-3-2-4-7(8)11/h2-6H,1H3,(H3,12,13,14,15)/t6-/m0/s1. The Morgan fingerprint density at radius 2 is 2.06 bits per heavy atom. The van der Waals surface area contributed by atoms with E-state index >= 15 is 0 Å². The second kappa shape index (κ2) is 5.11. The van der Waals surface area contributed by atoms with Crippen LogP contribution in [0.2, 0.25) is 0 Å². The molecule has 0 bridgehead atoms. The number of urea groups is 1. The number of carbonyl (C=O) groups excluding carboxylic acids is 2. The van der Waals surface area contributed by atoms with Crippen molar-refractivity contribution < 1.29 is 18.7 Å². The highest BCUT2D eigenvalue weighted by molar-refractivity contribution is 5.95. The monoisotopic (exact) mass is 226 g/mol. The van der Waals surface area contributed by atoms with Crippen LogP contribution in [0, 0.1) is 5.82 Å². The minimum Gasteiger partial charge on any atom is -0.478 e. The fourth-order valence-electron chi connectivity index (χ4n) is 1.01. The summed E-state index contributed by atoms with van der Waals surface area (Å²) in [5.41, 5.74) is 4.75. The predicted octanol–water partition coefficient (Wildman–Crippen LogP) is 0.788. The van der Waals surface area contributed by atoms with Crippen molar-refractivity contribution in [1.82, 2.24) is 5.32 Å². The van der Waals surface area contributed by atoms with Crippen LogP contribution in [-0.2, 0) is 4.79 Å². The highest BCUT2D eigenvalue weighted by Crippen LogP contribution is 2.16. The van der Waals surface area contributed by atoms with Gasteiger partial charge in [0, 0.05) is 0 Å². The molecular formula is C10H11FN2O3. The third-order valence-corrected chi connectivity index (χ3v) is 1.76. The van der Waals surface area contributed by atoms with Crippen molar-refractivity contribution in [3.63, 3.8) is 0 Å². The predicted molar refractivity (Wildman–Crippen MR) is 54.2 cm³/mol. The fraction of sp³-hybridized carbons (Fsp3) is 0.200. The maximum absolute atomic E-state index is 13.1. The third kappa shape index (κ3) is 3.23. The van der Waals surface area contributed by atoms with Gasteiger partial charge >= 0.3 is 6.03 Å². The van der Waals surface area contributed by atoms with E-state index in [4.69, 9.17) is 10.5 Å². The van der Waals surface area contributed by atoms with Gasteiger partial charge in [0.05, 0.1) is 0 Å². The maximum atomic E-state index is 13.1. The van der Waals surface area contributed by atoms with Gasteiger partial charge < -0.3 is 10.5 Å². The number of rotatable bonds is 3. The number of primary amides is 1. The molecule has 0 aliphatic rings. The topological polar surface area (TPSA) is 81.4 Å². The Labute approximate surface area is 91.4 Å². The first kappa shape index (κ1) is 12.0. The molecule has 5 nitrogen and oxygen atoms in total. The Morgan fingerprint density at radius 1 is 1.44 bits per heavy atom. The number of para-hydroxylation sites is 1. The summed E-state index contributed by atoms with van der Waals surface area (Å²) in [4.78, 5) is 21.6. The molecule has 1 atom stereocenters. The quantitative estimate of drug-likeness (QED) is 0.799. The zero-order chi connectivity index (χ0) is 12.1. The molecule has 0 spiro atoms. The van der Waals surface area contributed by atoms with Crippen molar-refractivity contribution in [1.29, 1.82) is 0 Å². The molecule has 0 unspecified atom stereocenters. The van der Waals surface area contributed by atoms with Gasteiger partial charge in [-0.1, -0.05) is 12.1 Å². The van der Waals surface area contributed by atoms with Gasteiger partial charge in [0.25, 0.3) is 5.91 Å². The molecule has 0 aliphatic heterocycles. The molecule has 3 N–H and O–H groups in total. The summed E-state index contributed by atoms with van der Waals surface area (Å²) in [6, 6.07) is 4.67. The van der Waals surface area contributed by atoms with E-state index in [9.17, 15) is 14.0 Å². The molecule has 0 saturated heterocycles. The lowest BCUT2D eigenvalue weighted by Crippen LogP contribution is -2.42. The Balaban J connectivity index is 2.64. The van der Waals surface area contributed by atoms with Crippen LogP contribution >= 0.6 is 0 Å². The first-order valence-electron chi connectivity index (χ1n) is 4.52. The number of nitrogens with two attached hydrogens (primary N) is 1. The molecular weight excluding hydrogens is 215 g/mol. The Morgan fingerprint density at radius 3 is 2.62 bits per heavy atom. The van der Waals surface area contributed by atoms with Crippen molar-refractivity contribution in [3.05, 3.63) is 30.1 Å². The van der Waals surface area contributed by atoms with E-state index in [2.05, 4.69) is 0 Å². The molecule has 1 rings (SSSR count). The molecule has 86 valence electrons. The summed E-state index contributed by atoms with van der Waals surface area (Å²) in [6.07, 6.45) is -1.01. The second-order valence-corrected chi connectivity index (χ2v) is 3.04. The van der Waals surface area contributed by atoms with Gasteiger partial charge in [-0.25, -0.2) is 9.18 Å². The molecule has 3 amide bonds. The van der Waals surface area contributed by atoms with Gasteiger partial charge in [-0.15, -0.1) is 0 Å². The molecule has 0 saturated carbocycles. The van der Waals surface area contributed by atoms with Crippen molar-refractivity contribution in [2.24, 2.45) is 5.73 Å². The molecule has 1 aromatic carbocycles. The molecule has 0 fully saturated rings. The summed E-state index contributed by atoms with van der Waals surface area (Å²) in [5, 5.41) is 1.83. The average molecular weight is 226 g/mol. The minimum atomic E-state index is -1.01. The van der Waals surface area contributed by atoms with Crippen LogP contribution in [-0.4, -0.2) is 18.0 Å². The van der Waals surface area contributed by atoms with Gasteiger partial charge in [-0.2, -0.15) is 0 Å². The second-order valence-electron chi connectivity index (χ2n) is 3.04. The molecule has 6 heteroatoms. The van der Waals surface area contributed by atoms with Crippen LogP contribution in [0.1, 0.15) is 6.92 Å². The van der Waals surface area contributed by atoms with Crippen LogP contribution in [0.4, 0.5) is 9.18 Å². The summed E-state index contributed by atoms with van der Waals surface area (Å²) in [7, 11) is 0. The van der Waals surface area contributed by atoms with E-state index in [1.54, 1.807) is 6.07 Å². The van der Waals surface area contributed by atoms with Crippen LogP contribution in [0.5, 0.6) is 5.75 Å². The Kier molecular flexibility index (Phi) is 3.82. The number of hydrogen-bond acceptors (Lipinski definition) is 3. The zero-order valence-corrected chi connectivity index (χ0v) is 8.57. The van der Waals surface area contributed by atoms with Gasteiger partial charge in [0.2, 0.25) is 0 Å². The molecule has 0 radical (unpaired) electrons. The average Bonchev–Trinajstić information content (AvgIpc) is 2.20. The van der Waals surface area contributed by atoms with Crippen molar-refractivity contribution in [2.45, 2.75) is 13.0 Å². The Bertz CT molecular complexity index is 409. The number of halogens is 1. The minimum absolute atomic E-state index is 0.0605. The number of ether oxygens (including phenoxy) is 1. The van der Waals surface area contributed by atoms with Crippen LogP contribution in [0.25, 0.3) is 0 Å². The fourth-order valence-corrected chi connectivity index (χ4v) is 1.01. The van der Waals surface area contributed by atoms with E-state index in [0.29, 0.717) is 0 Å². The highest BCUT2D eigenvalue weighted by Gasteiger charge is 2.17. The number of amides is 3. The smallest absolute Gasteiger partial charge is 0.318 e. The Hall–Kier alpha value is -2.11. The molecule has 0 aliphatic carbocycles. The highest BCUT2D eigenvalue weighted by atomic mass is 19.1. The zero-order valence-electron chi connectivity index (χ0n) is 8.57. The van der Waals surface area contributed by atoms with Gasteiger partial charge in [0.15, 0.2) is 17.7 Å². The first-order valence-corrected chi connectivity index (χ1v) is 4.52. The van der Waals surface area contributed by atoms with E-state index in [1.165, 1.54) is 25.1 Å². The number of carbonyl (C=O) groups is 2. The third-order valence-electron chi connectivity index (χ3n) is 1.76. The first-order chi connectivity index (χ1) is 7.50. The summed E-state index contributed by atoms with van der Waals surface area (Å²) >= 11 is 0. The number of nitrogens with one attached hydrogen (secondary N) is 1. The summed E-state index contributed by atoms with van der Waals surface area (Å²) in [5.74, 6) is -1.37. The lowest BCUT2D eigenvalue weighted by atomic mass is 10.3. The van der Waals surface area contributed by atoms with Gasteiger partial charge in [-0.05, 0) is 19.1 Å². The van der Waals surface area contributed by atoms with E-state index in [0.717, 1.165) is 0 Å². The van der Waals surface area contributed by atoms with E-state index in [-0.39, 0.29) is 5.75 Å². The number of imide groups is 1. The molecule has 1 aromatic rings. The molecule has 0 aromatic heterocycles. The van der Waals surface area contributed by atoms with Gasteiger partial charge in [-0.3, -0.25) is 10.1 Å². The lowest BCUT2D eigenvalue weighted by molar-refractivity contribution is -0.126. The van der Waals surface area contributed by atoms with E-state index in [1.807, 2.05) is 5.32 Å². The molecule has 0 heterocycles. The van der Waals surface area contributed by atoms with Crippen molar-refractivity contribution in [3.8, 4) is 5.75 Å². The van der Waals surface area contributed by atoms with Crippen LogP contribution < -0.4 is 15.8 Å². The number of benzene rings is 1. The summed E-state index contributed by atoms with van der Waals surface area (Å²) < 4.78 is 18.1. The largest absolute Gasteiger partial charge is 0.478 e. The van der Waals surface area contributed by atoms with Crippen molar-refractivity contribution >= 4 is 11.9 Å². The van der Waals surface area contributed by atoms with Gasteiger partial charge in [0.1, 0.15) is 0 Å². The maximum Gasteiger partial charge on any atom is 0.318 e. The number of hydrogen-bond donors (Lipinski definition) is 2.